The monoisotopic (exact) mass is 562 g/mol. The molecule has 1 rings (SSSR count). The maximum atomic E-state index is 12.5. The third-order valence-corrected chi connectivity index (χ3v) is 5.02. The van der Waals surface area contributed by atoms with Crippen LogP contribution in [0.4, 0.5) is 4.79 Å². The number of hydrogen-bond acceptors (Lipinski definition) is 13. The lowest BCUT2D eigenvalue weighted by Crippen LogP contribution is -2.67. The van der Waals surface area contributed by atoms with Crippen LogP contribution >= 0.6 is 0 Å². The number of carbonyl (C=O) groups excluding carboxylic acids is 6. The molecule has 15 nitrogen and oxygen atoms in total. The van der Waals surface area contributed by atoms with E-state index in [0.717, 1.165) is 27.9 Å². The van der Waals surface area contributed by atoms with Gasteiger partial charge in [-0.3, -0.25) is 19.2 Å². The van der Waals surface area contributed by atoms with Crippen LogP contribution in [-0.2, 0) is 57.1 Å². The molecule has 1 aliphatic heterocycles. The minimum absolute atomic E-state index is 0.442. The molecule has 0 unspecified atom stereocenters. The molecule has 222 valence electrons. The highest BCUT2D eigenvalue weighted by Gasteiger charge is 2.52. The highest BCUT2D eigenvalue weighted by molar-refractivity contribution is 5.82. The van der Waals surface area contributed by atoms with Crippen LogP contribution in [-0.4, -0.2) is 98.0 Å². The van der Waals surface area contributed by atoms with Crippen molar-refractivity contribution in [2.75, 3.05) is 13.7 Å². The van der Waals surface area contributed by atoms with E-state index < -0.39 is 90.9 Å². The summed E-state index contributed by atoms with van der Waals surface area (Å²) in [5, 5.41) is 4.91. The van der Waals surface area contributed by atoms with Crippen molar-refractivity contribution >= 4 is 35.9 Å². The first-order valence-electron chi connectivity index (χ1n) is 12.1. The molecule has 2 N–H and O–H groups in total. The number of amides is 2. The minimum atomic E-state index is -1.46. The third-order valence-electron chi connectivity index (χ3n) is 5.02. The number of rotatable bonds is 10. The molecule has 7 atom stereocenters. The van der Waals surface area contributed by atoms with Crippen molar-refractivity contribution in [1.82, 2.24) is 10.6 Å². The van der Waals surface area contributed by atoms with E-state index in [0.29, 0.717) is 0 Å². The minimum Gasteiger partial charge on any atom is -0.467 e. The summed E-state index contributed by atoms with van der Waals surface area (Å²) in [4.78, 5) is 72.3. The maximum absolute atomic E-state index is 12.5. The second kappa shape index (κ2) is 14.6. The molecule has 0 aliphatic carbocycles. The Morgan fingerprint density at radius 1 is 0.897 bits per heavy atom. The molecular weight excluding hydrogens is 524 g/mol. The van der Waals surface area contributed by atoms with Gasteiger partial charge >= 0.3 is 30.0 Å². The van der Waals surface area contributed by atoms with Gasteiger partial charge in [0, 0.05) is 27.7 Å². The van der Waals surface area contributed by atoms with Crippen LogP contribution in [0, 0.1) is 0 Å². The van der Waals surface area contributed by atoms with Crippen molar-refractivity contribution in [1.29, 1.82) is 0 Å². The molecule has 2 amide bonds. The quantitative estimate of drug-likeness (QED) is 0.270. The number of hydrogen-bond donors (Lipinski definition) is 2. The molecule has 0 aromatic carbocycles. The molecule has 0 bridgehead atoms. The Hall–Kier alpha value is -3.46. The van der Waals surface area contributed by atoms with Gasteiger partial charge in [0.1, 0.15) is 24.4 Å². The molecule has 39 heavy (non-hydrogen) atoms. The van der Waals surface area contributed by atoms with Crippen LogP contribution in [0.15, 0.2) is 0 Å². The molecule has 1 saturated heterocycles. The van der Waals surface area contributed by atoms with Crippen LogP contribution < -0.4 is 10.6 Å². The van der Waals surface area contributed by atoms with Gasteiger partial charge in [0.25, 0.3) is 0 Å². The predicted molar refractivity (Wildman–Crippen MR) is 130 cm³/mol. The zero-order valence-electron chi connectivity index (χ0n) is 23.6. The molecule has 0 saturated carbocycles. The molecule has 1 aliphatic rings. The smallest absolute Gasteiger partial charge is 0.408 e. The number of alkyl carbamates (subject to hydrolysis) is 1. The molecule has 0 aromatic rings. The van der Waals surface area contributed by atoms with Crippen LogP contribution in [0.5, 0.6) is 0 Å². The Morgan fingerprint density at radius 3 is 1.92 bits per heavy atom. The first-order chi connectivity index (χ1) is 17.9. The van der Waals surface area contributed by atoms with Gasteiger partial charge in [-0.2, -0.15) is 0 Å². The molecule has 1 fully saturated rings. The van der Waals surface area contributed by atoms with Crippen LogP contribution in [0.25, 0.3) is 0 Å². The Labute approximate surface area is 226 Å². The van der Waals surface area contributed by atoms with Crippen molar-refractivity contribution < 1.29 is 61.9 Å². The topological polar surface area (TPSA) is 191 Å². The Balaban J connectivity index is 3.42. The number of esters is 4. The average molecular weight is 563 g/mol. The number of nitrogens with one attached hydrogen (secondary N) is 2. The predicted octanol–water partition coefficient (Wildman–Crippen LogP) is 0.114. The molecule has 15 heteroatoms. The van der Waals surface area contributed by atoms with Gasteiger partial charge < -0.3 is 43.8 Å². The Kier molecular flexibility index (Phi) is 12.6. The van der Waals surface area contributed by atoms with Crippen LogP contribution in [0.3, 0.4) is 0 Å². The average Bonchev–Trinajstić information content (AvgIpc) is 2.77. The number of carbonyl (C=O) groups is 6. The van der Waals surface area contributed by atoms with Gasteiger partial charge in [0.15, 0.2) is 24.5 Å². The summed E-state index contributed by atoms with van der Waals surface area (Å²) in [6.07, 6.45) is -7.49. The van der Waals surface area contributed by atoms with Crippen molar-refractivity contribution in [3.63, 3.8) is 0 Å². The first-order valence-corrected chi connectivity index (χ1v) is 12.1. The van der Waals surface area contributed by atoms with Crippen molar-refractivity contribution in [3.8, 4) is 0 Å². The SMILES string of the molecule is COC(=O)[C@@H](NC(=O)OC(C)(C)C)[C@@H](C)O[C@H]1O[C@H](COC(C)=O)[C@H](OC(C)=O)[C@H](OC(C)=O)[C@H]1NC(C)=O. The van der Waals surface area contributed by atoms with Gasteiger partial charge in [0.05, 0.1) is 13.2 Å². The molecule has 0 radical (unpaired) electrons. The zero-order valence-corrected chi connectivity index (χ0v) is 23.6. The summed E-state index contributed by atoms with van der Waals surface area (Å²) >= 11 is 0. The van der Waals surface area contributed by atoms with Gasteiger partial charge in [-0.05, 0) is 27.7 Å². The summed E-state index contributed by atoms with van der Waals surface area (Å²) in [5.74, 6) is -3.70. The van der Waals surface area contributed by atoms with E-state index in [4.69, 9.17) is 33.2 Å². The summed E-state index contributed by atoms with van der Waals surface area (Å²) in [5.41, 5.74) is -0.870. The molecule has 0 spiro atoms. The largest absolute Gasteiger partial charge is 0.467 e. The lowest BCUT2D eigenvalue weighted by Gasteiger charge is -2.45. The lowest BCUT2D eigenvalue weighted by atomic mass is 9.95. The first kappa shape index (κ1) is 33.6. The molecule has 0 aromatic heterocycles. The van der Waals surface area contributed by atoms with Gasteiger partial charge in [0.2, 0.25) is 5.91 Å². The Bertz CT molecular complexity index is 916. The fourth-order valence-electron chi connectivity index (χ4n) is 3.63. The van der Waals surface area contributed by atoms with Gasteiger partial charge in [-0.25, -0.2) is 9.59 Å². The van der Waals surface area contributed by atoms with Crippen molar-refractivity contribution in [3.05, 3.63) is 0 Å². The second-order valence-electron chi connectivity index (χ2n) is 9.71. The number of ether oxygens (including phenoxy) is 7. The fraction of sp³-hybridized carbons (Fsp3) is 0.750. The van der Waals surface area contributed by atoms with Crippen molar-refractivity contribution in [2.45, 2.75) is 104 Å². The fourth-order valence-corrected chi connectivity index (χ4v) is 3.63. The standard InChI is InChI=1S/C24H38N2O13/c1-11(17(21(31)33-9)26-23(32)39-24(6,7)8)35-22-18(25-12(2)27)20(37-15(5)30)19(36-14(4)29)16(38-22)10-34-13(3)28/h11,16-20,22H,10H2,1-9H3,(H,25,27)(H,26,32)/t11-,16-,17+,18-,19+,20-,22+/m1/s1. The second-order valence-corrected chi connectivity index (χ2v) is 9.71. The lowest BCUT2D eigenvalue weighted by molar-refractivity contribution is -0.287. The third kappa shape index (κ3) is 11.4. The van der Waals surface area contributed by atoms with E-state index in [1.54, 1.807) is 20.8 Å². The maximum Gasteiger partial charge on any atom is 0.408 e. The Morgan fingerprint density at radius 2 is 1.46 bits per heavy atom. The van der Waals surface area contributed by atoms with Crippen LogP contribution in [0.2, 0.25) is 0 Å². The van der Waals surface area contributed by atoms with Crippen LogP contribution in [0.1, 0.15) is 55.4 Å². The van der Waals surface area contributed by atoms with E-state index in [1.165, 1.54) is 13.8 Å². The van der Waals surface area contributed by atoms with E-state index in [9.17, 15) is 28.8 Å². The van der Waals surface area contributed by atoms with Crippen molar-refractivity contribution in [2.24, 2.45) is 0 Å². The summed E-state index contributed by atoms with van der Waals surface area (Å²) in [6.45, 7) is 10.4. The zero-order chi connectivity index (χ0) is 30.1. The van der Waals surface area contributed by atoms with E-state index in [1.807, 2.05) is 0 Å². The van der Waals surface area contributed by atoms with E-state index in [-0.39, 0.29) is 0 Å². The normalized spacial score (nSPS) is 24.3. The summed E-state index contributed by atoms with van der Waals surface area (Å²) in [7, 11) is 1.10. The molecule has 1 heterocycles. The summed E-state index contributed by atoms with van der Waals surface area (Å²) in [6, 6.07) is -2.68. The van der Waals surface area contributed by atoms with Gasteiger partial charge in [-0.15, -0.1) is 0 Å². The van der Waals surface area contributed by atoms with Gasteiger partial charge in [-0.1, -0.05) is 0 Å². The van der Waals surface area contributed by atoms with E-state index in [2.05, 4.69) is 10.6 Å². The van der Waals surface area contributed by atoms with E-state index >= 15 is 0 Å². The highest BCUT2D eigenvalue weighted by Crippen LogP contribution is 2.29. The summed E-state index contributed by atoms with van der Waals surface area (Å²) < 4.78 is 37.6. The molecular formula is C24H38N2O13. The highest BCUT2D eigenvalue weighted by atomic mass is 16.7. The number of methoxy groups -OCH3 is 1.